The number of phenolic OH excluding ortho intramolecular Hbond substituents is 1. The van der Waals surface area contributed by atoms with Crippen LogP contribution >= 0.6 is 0 Å². The van der Waals surface area contributed by atoms with Crippen LogP contribution in [0.1, 0.15) is 30.1 Å². The standard InChI is InChI=1S/C26H26FN5O2/c1-16-12-32-13-18(10-22(27)26(32)28-16)17-2-3-21(25(33)11-17)24-5-4-23(29-30-24)19-14-31(15-19)20-6-8-34-9-7-20/h2-5,10-13,19-20,33H,6-9,14-15H2,1H3. The van der Waals surface area contributed by atoms with Crippen LogP contribution in [-0.4, -0.2) is 61.9 Å². The summed E-state index contributed by atoms with van der Waals surface area (Å²) in [7, 11) is 0. The largest absolute Gasteiger partial charge is 0.507 e. The number of phenols is 1. The van der Waals surface area contributed by atoms with E-state index in [9.17, 15) is 9.50 Å². The predicted molar refractivity (Wildman–Crippen MR) is 126 cm³/mol. The van der Waals surface area contributed by atoms with Gasteiger partial charge in [0.2, 0.25) is 0 Å². The smallest absolute Gasteiger partial charge is 0.173 e. The average molecular weight is 460 g/mol. The second-order valence-electron chi connectivity index (χ2n) is 9.26. The van der Waals surface area contributed by atoms with E-state index in [1.807, 2.05) is 31.3 Å². The van der Waals surface area contributed by atoms with Gasteiger partial charge in [-0.15, -0.1) is 0 Å². The topological polar surface area (TPSA) is 75.8 Å². The zero-order valence-electron chi connectivity index (χ0n) is 19.0. The van der Waals surface area contributed by atoms with E-state index in [0.717, 1.165) is 50.5 Å². The molecule has 0 radical (unpaired) electrons. The van der Waals surface area contributed by atoms with Crippen LogP contribution < -0.4 is 0 Å². The number of fused-ring (bicyclic) bond motifs is 1. The zero-order chi connectivity index (χ0) is 23.2. The highest BCUT2D eigenvalue weighted by atomic mass is 19.1. The SMILES string of the molecule is Cc1cn2cc(-c3ccc(-c4ccc(C5CN(C6CCOCC6)C5)nn4)c(O)c3)cc(F)c2n1. The molecule has 34 heavy (non-hydrogen) atoms. The molecular weight excluding hydrogens is 433 g/mol. The summed E-state index contributed by atoms with van der Waals surface area (Å²) in [4.78, 5) is 6.70. The number of rotatable bonds is 4. The van der Waals surface area contributed by atoms with E-state index in [1.165, 1.54) is 6.07 Å². The summed E-state index contributed by atoms with van der Waals surface area (Å²) in [6.07, 6.45) is 5.80. The summed E-state index contributed by atoms with van der Waals surface area (Å²) in [5, 5.41) is 19.6. The van der Waals surface area contributed by atoms with Crippen LogP contribution in [0, 0.1) is 12.7 Å². The van der Waals surface area contributed by atoms with Crippen molar-refractivity contribution in [3.63, 3.8) is 0 Å². The van der Waals surface area contributed by atoms with Gasteiger partial charge < -0.3 is 14.2 Å². The Labute approximate surface area is 196 Å². The van der Waals surface area contributed by atoms with Gasteiger partial charge in [0.25, 0.3) is 0 Å². The van der Waals surface area contributed by atoms with Gasteiger partial charge in [0.15, 0.2) is 11.5 Å². The third-order valence-electron chi connectivity index (χ3n) is 6.95. The number of nitrogens with zero attached hydrogens (tertiary/aromatic N) is 5. The lowest BCUT2D eigenvalue weighted by molar-refractivity contribution is 0.000892. The molecule has 1 aromatic carbocycles. The Balaban J connectivity index is 1.18. The van der Waals surface area contributed by atoms with Crippen LogP contribution in [-0.2, 0) is 4.74 Å². The Morgan fingerprint density at radius 3 is 2.56 bits per heavy atom. The Bertz CT molecular complexity index is 1340. The second kappa shape index (κ2) is 8.45. The Morgan fingerprint density at radius 1 is 1.00 bits per heavy atom. The molecule has 7 nitrogen and oxygen atoms in total. The van der Waals surface area contributed by atoms with Gasteiger partial charge in [-0.25, -0.2) is 9.37 Å². The van der Waals surface area contributed by atoms with Crippen LogP contribution in [0.2, 0.25) is 0 Å². The van der Waals surface area contributed by atoms with Gasteiger partial charge in [-0.1, -0.05) is 6.07 Å². The molecule has 1 N–H and O–H groups in total. The molecule has 0 bridgehead atoms. The van der Waals surface area contributed by atoms with Crippen molar-refractivity contribution >= 4 is 5.65 Å². The maximum absolute atomic E-state index is 14.5. The number of imidazole rings is 1. The minimum absolute atomic E-state index is 0.0798. The number of benzene rings is 1. The molecule has 174 valence electrons. The van der Waals surface area contributed by atoms with Crippen LogP contribution in [0.15, 0.2) is 48.8 Å². The first kappa shape index (κ1) is 21.2. The molecule has 6 rings (SSSR count). The first-order chi connectivity index (χ1) is 16.5. The summed E-state index contributed by atoms with van der Waals surface area (Å²) < 4.78 is 21.6. The zero-order valence-corrected chi connectivity index (χ0v) is 19.0. The minimum atomic E-state index is -0.401. The van der Waals surface area contributed by atoms with Crippen LogP contribution in [0.3, 0.4) is 0 Å². The van der Waals surface area contributed by atoms with Crippen molar-refractivity contribution in [3.05, 3.63) is 66.0 Å². The highest BCUT2D eigenvalue weighted by molar-refractivity contribution is 5.74. The van der Waals surface area contributed by atoms with Gasteiger partial charge in [0.1, 0.15) is 5.75 Å². The molecule has 2 aliphatic heterocycles. The molecule has 0 unspecified atom stereocenters. The average Bonchev–Trinajstić information content (AvgIpc) is 3.20. The highest BCUT2D eigenvalue weighted by Crippen LogP contribution is 2.34. The fourth-order valence-electron chi connectivity index (χ4n) is 5.02. The summed E-state index contributed by atoms with van der Waals surface area (Å²) >= 11 is 0. The third kappa shape index (κ3) is 3.82. The molecule has 0 spiro atoms. The Morgan fingerprint density at radius 2 is 1.82 bits per heavy atom. The molecule has 5 heterocycles. The number of pyridine rings is 1. The number of likely N-dealkylation sites (tertiary alicyclic amines) is 1. The molecule has 0 saturated carbocycles. The molecule has 2 fully saturated rings. The number of aromatic nitrogens is 4. The predicted octanol–water partition coefficient (Wildman–Crippen LogP) is 4.19. The maximum atomic E-state index is 14.5. The number of halogens is 1. The molecule has 2 aliphatic rings. The molecule has 0 aliphatic carbocycles. The fraction of sp³-hybridized carbons (Fsp3) is 0.346. The van der Waals surface area contributed by atoms with E-state index >= 15 is 0 Å². The summed E-state index contributed by atoms with van der Waals surface area (Å²) in [6, 6.07) is 11.3. The highest BCUT2D eigenvalue weighted by Gasteiger charge is 2.34. The van der Waals surface area contributed by atoms with Crippen LogP contribution in [0.25, 0.3) is 28.0 Å². The van der Waals surface area contributed by atoms with E-state index in [2.05, 4.69) is 20.1 Å². The molecule has 0 amide bonds. The quantitative estimate of drug-likeness (QED) is 0.493. The monoisotopic (exact) mass is 459 g/mol. The third-order valence-corrected chi connectivity index (χ3v) is 6.95. The van der Waals surface area contributed by atoms with E-state index in [-0.39, 0.29) is 5.75 Å². The van der Waals surface area contributed by atoms with Gasteiger partial charge in [-0.05, 0) is 55.7 Å². The minimum Gasteiger partial charge on any atom is -0.507 e. The molecule has 3 aromatic heterocycles. The van der Waals surface area contributed by atoms with Crippen LogP contribution in [0.5, 0.6) is 5.75 Å². The summed E-state index contributed by atoms with van der Waals surface area (Å²) in [5.74, 6) is 0.0789. The first-order valence-electron chi connectivity index (χ1n) is 11.7. The van der Waals surface area contributed by atoms with Crippen molar-refractivity contribution in [2.45, 2.75) is 31.7 Å². The van der Waals surface area contributed by atoms with Gasteiger partial charge in [0, 0.05) is 61.8 Å². The lowest BCUT2D eigenvalue weighted by Crippen LogP contribution is -2.52. The Kier molecular flexibility index (Phi) is 5.27. The summed E-state index contributed by atoms with van der Waals surface area (Å²) in [5.41, 5.74) is 4.60. The maximum Gasteiger partial charge on any atom is 0.173 e. The first-order valence-corrected chi connectivity index (χ1v) is 11.7. The number of aryl methyl sites for hydroxylation is 1. The van der Waals surface area contributed by atoms with Gasteiger partial charge in [-0.2, -0.15) is 10.2 Å². The number of aromatic hydroxyl groups is 1. The molecular formula is C26H26FN5O2. The normalized spacial score (nSPS) is 17.8. The van der Waals surface area contributed by atoms with Crippen molar-refractivity contribution in [3.8, 4) is 28.1 Å². The van der Waals surface area contributed by atoms with Crippen molar-refractivity contribution in [1.82, 2.24) is 24.5 Å². The Hall–Kier alpha value is -3.36. The fourth-order valence-corrected chi connectivity index (χ4v) is 5.02. The van der Waals surface area contributed by atoms with Gasteiger partial charge >= 0.3 is 0 Å². The lowest BCUT2D eigenvalue weighted by atomic mass is 9.91. The lowest BCUT2D eigenvalue weighted by Gasteiger charge is -2.45. The molecule has 0 atom stereocenters. The van der Waals surface area contributed by atoms with E-state index in [4.69, 9.17) is 4.74 Å². The number of hydrogen-bond donors (Lipinski definition) is 1. The number of hydrogen-bond acceptors (Lipinski definition) is 6. The van der Waals surface area contributed by atoms with Crippen molar-refractivity contribution in [2.75, 3.05) is 26.3 Å². The van der Waals surface area contributed by atoms with Gasteiger partial charge in [-0.3, -0.25) is 4.90 Å². The van der Waals surface area contributed by atoms with E-state index in [0.29, 0.717) is 40.0 Å². The van der Waals surface area contributed by atoms with E-state index in [1.54, 1.807) is 22.7 Å². The van der Waals surface area contributed by atoms with Crippen LogP contribution in [0.4, 0.5) is 4.39 Å². The van der Waals surface area contributed by atoms with E-state index < -0.39 is 5.82 Å². The van der Waals surface area contributed by atoms with Crippen molar-refractivity contribution in [1.29, 1.82) is 0 Å². The number of ether oxygens (including phenoxy) is 1. The molecule has 2 saturated heterocycles. The van der Waals surface area contributed by atoms with Gasteiger partial charge in [0.05, 0.1) is 17.1 Å². The molecule has 8 heteroatoms. The van der Waals surface area contributed by atoms with Crippen molar-refractivity contribution < 1.29 is 14.2 Å². The molecule has 4 aromatic rings. The van der Waals surface area contributed by atoms with Crippen molar-refractivity contribution in [2.24, 2.45) is 0 Å². The summed E-state index contributed by atoms with van der Waals surface area (Å²) in [6.45, 7) is 5.56. The second-order valence-corrected chi connectivity index (χ2v) is 9.26.